The molecule has 2 aromatic heterocycles. The maximum Gasteiger partial charge on any atom is 0.243 e. The Hall–Kier alpha value is -1.48. The van der Waals surface area contributed by atoms with E-state index in [0.717, 1.165) is 0 Å². The molecule has 2 aromatic rings. The number of aromatic nitrogens is 5. The molecule has 0 aliphatic heterocycles. The standard InChI is InChI=1S/C13H19N6OS.BrH/c1-17(2)13-15-9-14-11(16-13)4-7-21-12(20)8-19-6-5-18(3)10-19;/h5-6,9-10H,4,7-8H2,1-3H3;1H/q+1;/p-1. The maximum absolute atomic E-state index is 11.9. The van der Waals surface area contributed by atoms with Crippen LogP contribution in [-0.4, -0.2) is 44.5 Å². The quantitative estimate of drug-likeness (QED) is 0.495. The van der Waals surface area contributed by atoms with E-state index in [1.165, 1.54) is 18.1 Å². The zero-order valence-electron chi connectivity index (χ0n) is 12.8. The molecular weight excluding hydrogens is 368 g/mol. The van der Waals surface area contributed by atoms with Crippen molar-refractivity contribution in [3.05, 3.63) is 30.9 Å². The van der Waals surface area contributed by atoms with Crippen molar-refractivity contribution in [1.82, 2.24) is 19.5 Å². The maximum atomic E-state index is 11.9. The number of hydrogen-bond donors (Lipinski definition) is 0. The Labute approximate surface area is 144 Å². The number of thioether (sulfide) groups is 1. The summed E-state index contributed by atoms with van der Waals surface area (Å²) in [6, 6.07) is 0. The minimum atomic E-state index is 0. The van der Waals surface area contributed by atoms with Gasteiger partial charge in [-0.1, -0.05) is 11.8 Å². The minimum Gasteiger partial charge on any atom is -1.00 e. The summed E-state index contributed by atoms with van der Waals surface area (Å²) < 4.78 is 3.77. The van der Waals surface area contributed by atoms with Crippen LogP contribution in [0.15, 0.2) is 25.0 Å². The van der Waals surface area contributed by atoms with Crippen LogP contribution >= 0.6 is 11.8 Å². The summed E-state index contributed by atoms with van der Waals surface area (Å²) in [7, 11) is 5.69. The van der Waals surface area contributed by atoms with E-state index in [4.69, 9.17) is 0 Å². The van der Waals surface area contributed by atoms with Crippen LogP contribution in [0, 0.1) is 0 Å². The van der Waals surface area contributed by atoms with Crippen molar-refractivity contribution in [2.24, 2.45) is 7.05 Å². The number of carbonyl (C=O) groups excluding carboxylic acids is 1. The van der Waals surface area contributed by atoms with Crippen LogP contribution in [0.5, 0.6) is 0 Å². The molecule has 120 valence electrons. The summed E-state index contributed by atoms with van der Waals surface area (Å²) in [5.74, 6) is 2.01. The van der Waals surface area contributed by atoms with E-state index in [0.29, 0.717) is 30.5 Å². The van der Waals surface area contributed by atoms with Crippen molar-refractivity contribution >= 4 is 22.8 Å². The third kappa shape index (κ3) is 5.72. The van der Waals surface area contributed by atoms with Gasteiger partial charge in [0.1, 0.15) is 24.5 Å². The van der Waals surface area contributed by atoms with Crippen LogP contribution < -0.4 is 26.4 Å². The molecule has 0 saturated heterocycles. The molecule has 2 heterocycles. The van der Waals surface area contributed by atoms with Crippen molar-refractivity contribution in [3.63, 3.8) is 0 Å². The molecule has 0 fully saturated rings. The van der Waals surface area contributed by atoms with Gasteiger partial charge in [-0.05, 0) is 0 Å². The summed E-state index contributed by atoms with van der Waals surface area (Å²) >= 11 is 1.31. The van der Waals surface area contributed by atoms with Crippen molar-refractivity contribution in [1.29, 1.82) is 0 Å². The first-order chi connectivity index (χ1) is 10.0. The highest BCUT2D eigenvalue weighted by atomic mass is 79.9. The molecule has 0 aliphatic carbocycles. The molecule has 0 unspecified atom stereocenters. The largest absolute Gasteiger partial charge is 1.00 e. The highest BCUT2D eigenvalue weighted by Crippen LogP contribution is 2.08. The van der Waals surface area contributed by atoms with E-state index in [1.807, 2.05) is 53.9 Å². The van der Waals surface area contributed by atoms with Crippen LogP contribution in [-0.2, 0) is 24.8 Å². The molecule has 0 radical (unpaired) electrons. The molecule has 0 aromatic carbocycles. The SMILES string of the molecule is CN(C)c1ncnc(CCSC(=O)Cn2cc[n+](C)c2)n1.[Br-]. The molecular formula is C13H19BrN6OS. The monoisotopic (exact) mass is 386 g/mol. The van der Waals surface area contributed by atoms with E-state index in [1.54, 1.807) is 0 Å². The minimum absolute atomic E-state index is 0. The molecule has 0 bridgehead atoms. The van der Waals surface area contributed by atoms with Crippen LogP contribution in [0.25, 0.3) is 0 Å². The smallest absolute Gasteiger partial charge is 0.243 e. The van der Waals surface area contributed by atoms with Gasteiger partial charge in [0.2, 0.25) is 17.4 Å². The zero-order valence-corrected chi connectivity index (χ0v) is 15.2. The van der Waals surface area contributed by atoms with Gasteiger partial charge in [-0.25, -0.2) is 19.1 Å². The van der Waals surface area contributed by atoms with Crippen molar-refractivity contribution < 1.29 is 26.3 Å². The fraction of sp³-hybridized carbons (Fsp3) is 0.462. The number of anilines is 1. The first-order valence-electron chi connectivity index (χ1n) is 6.56. The molecule has 0 N–H and O–H groups in total. The Kier molecular flexibility index (Phi) is 7.46. The van der Waals surface area contributed by atoms with Gasteiger partial charge in [0, 0.05) is 26.3 Å². The van der Waals surface area contributed by atoms with Gasteiger partial charge in [0.05, 0.1) is 7.05 Å². The van der Waals surface area contributed by atoms with Crippen molar-refractivity contribution in [3.8, 4) is 0 Å². The van der Waals surface area contributed by atoms with E-state index < -0.39 is 0 Å². The van der Waals surface area contributed by atoms with Gasteiger partial charge in [-0.3, -0.25) is 4.79 Å². The first kappa shape index (κ1) is 18.6. The summed E-state index contributed by atoms with van der Waals surface area (Å²) in [6.45, 7) is 0.381. The highest BCUT2D eigenvalue weighted by Gasteiger charge is 2.09. The lowest BCUT2D eigenvalue weighted by atomic mass is 10.4. The topological polar surface area (TPSA) is 67.8 Å². The number of nitrogens with zero attached hydrogens (tertiary/aromatic N) is 6. The zero-order chi connectivity index (χ0) is 15.2. The van der Waals surface area contributed by atoms with Crippen LogP contribution in [0.4, 0.5) is 5.95 Å². The fourth-order valence-electron chi connectivity index (χ4n) is 1.70. The third-order valence-electron chi connectivity index (χ3n) is 2.73. The van der Waals surface area contributed by atoms with Crippen LogP contribution in [0.2, 0.25) is 0 Å². The van der Waals surface area contributed by atoms with Crippen LogP contribution in [0.3, 0.4) is 0 Å². The predicted molar refractivity (Wildman–Crippen MR) is 80.9 cm³/mol. The van der Waals surface area contributed by atoms with Crippen molar-refractivity contribution in [2.45, 2.75) is 13.0 Å². The Bertz CT molecular complexity index is 618. The Morgan fingerprint density at radius 2 is 2.18 bits per heavy atom. The van der Waals surface area contributed by atoms with E-state index in [9.17, 15) is 4.79 Å². The third-order valence-corrected chi connectivity index (χ3v) is 3.59. The lowest BCUT2D eigenvalue weighted by Crippen LogP contribution is -3.00. The number of rotatable bonds is 6. The van der Waals surface area contributed by atoms with Gasteiger partial charge in [0.15, 0.2) is 6.54 Å². The summed E-state index contributed by atoms with van der Waals surface area (Å²) in [5.41, 5.74) is 0. The molecule has 9 heteroatoms. The first-order valence-corrected chi connectivity index (χ1v) is 7.55. The lowest BCUT2D eigenvalue weighted by molar-refractivity contribution is -0.671. The Balaban J connectivity index is 0.00000242. The molecule has 2 rings (SSSR count). The number of hydrogen-bond acceptors (Lipinski definition) is 6. The molecule has 7 nitrogen and oxygen atoms in total. The molecule has 0 atom stereocenters. The fourth-order valence-corrected chi connectivity index (χ4v) is 2.46. The van der Waals surface area contributed by atoms with E-state index in [2.05, 4.69) is 15.0 Å². The summed E-state index contributed by atoms with van der Waals surface area (Å²) in [4.78, 5) is 26.2. The van der Waals surface area contributed by atoms with Crippen LogP contribution in [0.1, 0.15) is 5.82 Å². The van der Waals surface area contributed by atoms with E-state index in [-0.39, 0.29) is 22.1 Å². The molecule has 0 amide bonds. The average molecular weight is 387 g/mol. The molecule has 0 saturated carbocycles. The second kappa shape index (κ2) is 8.84. The van der Waals surface area contributed by atoms with Crippen molar-refractivity contribution in [2.75, 3.05) is 24.7 Å². The highest BCUT2D eigenvalue weighted by molar-refractivity contribution is 8.13. The average Bonchev–Trinajstić information content (AvgIpc) is 2.84. The summed E-state index contributed by atoms with van der Waals surface area (Å²) in [5, 5.41) is 0.132. The van der Waals surface area contributed by atoms with E-state index >= 15 is 0 Å². The second-order valence-electron chi connectivity index (χ2n) is 4.82. The van der Waals surface area contributed by atoms with Gasteiger partial charge in [-0.15, -0.1) is 0 Å². The van der Waals surface area contributed by atoms with Gasteiger partial charge in [-0.2, -0.15) is 4.98 Å². The normalized spacial score (nSPS) is 10.1. The van der Waals surface area contributed by atoms with Gasteiger partial charge < -0.3 is 21.9 Å². The molecule has 0 spiro atoms. The molecule has 22 heavy (non-hydrogen) atoms. The number of halogens is 1. The molecule has 0 aliphatic rings. The number of aryl methyl sites for hydroxylation is 2. The number of carbonyl (C=O) groups is 1. The second-order valence-corrected chi connectivity index (χ2v) is 5.97. The Morgan fingerprint density at radius 3 is 2.82 bits per heavy atom. The Morgan fingerprint density at radius 1 is 1.41 bits per heavy atom. The van der Waals surface area contributed by atoms with Gasteiger partial charge >= 0.3 is 0 Å². The lowest BCUT2D eigenvalue weighted by Gasteiger charge is -2.09. The van der Waals surface area contributed by atoms with Gasteiger partial charge in [0.25, 0.3) is 0 Å². The number of imidazole rings is 1. The summed E-state index contributed by atoms with van der Waals surface area (Å²) in [6.07, 6.45) is 7.83. The predicted octanol–water partition coefficient (Wildman–Crippen LogP) is -2.93.